The molecule has 5 N–H and O–H groups in total. The highest BCUT2D eigenvalue weighted by molar-refractivity contribution is 5.98. The third kappa shape index (κ3) is 3.21. The molecule has 0 bridgehead atoms. The maximum Gasteiger partial charge on any atom is 0.248 e. The lowest BCUT2D eigenvalue weighted by atomic mass is 10.1. The molecular formula is C15H15N3O2. The highest BCUT2D eigenvalue weighted by Gasteiger charge is 2.15. The molecule has 2 aromatic carbocycles. The van der Waals surface area contributed by atoms with E-state index in [1.165, 1.54) is 6.07 Å². The number of nitrogens with two attached hydrogens (primary N) is 2. The molecule has 0 aliphatic carbocycles. The van der Waals surface area contributed by atoms with E-state index in [9.17, 15) is 9.59 Å². The summed E-state index contributed by atoms with van der Waals surface area (Å²) in [5, 5.41) is 2.66. The Morgan fingerprint density at radius 2 is 1.70 bits per heavy atom. The normalized spacial score (nSPS) is 11.7. The topological polar surface area (TPSA) is 98.2 Å². The maximum absolute atomic E-state index is 12.0. The summed E-state index contributed by atoms with van der Waals surface area (Å²) in [5.74, 6) is -0.897. The molecule has 2 rings (SSSR count). The van der Waals surface area contributed by atoms with Gasteiger partial charge in [-0.25, -0.2) is 0 Å². The van der Waals surface area contributed by atoms with E-state index in [1.54, 1.807) is 30.3 Å². The first-order valence-corrected chi connectivity index (χ1v) is 6.09. The van der Waals surface area contributed by atoms with Crippen molar-refractivity contribution >= 4 is 17.5 Å². The van der Waals surface area contributed by atoms with E-state index in [1.807, 2.05) is 18.2 Å². The molecule has 102 valence electrons. The zero-order valence-electron chi connectivity index (χ0n) is 10.7. The molecule has 0 aromatic heterocycles. The number of hydrogen-bond donors (Lipinski definition) is 3. The number of nitrogens with one attached hydrogen (secondary N) is 1. The van der Waals surface area contributed by atoms with Crippen molar-refractivity contribution in [3.05, 3.63) is 65.7 Å². The molecule has 0 spiro atoms. The molecular weight excluding hydrogens is 254 g/mol. The van der Waals surface area contributed by atoms with Gasteiger partial charge in [0.25, 0.3) is 0 Å². The highest BCUT2D eigenvalue weighted by Crippen LogP contribution is 2.15. The van der Waals surface area contributed by atoms with Crippen LogP contribution in [0.3, 0.4) is 0 Å². The summed E-state index contributed by atoms with van der Waals surface area (Å²) in [5.41, 5.74) is 12.6. The Hall–Kier alpha value is -2.66. The predicted octanol–water partition coefficient (Wildman–Crippen LogP) is 1.42. The van der Waals surface area contributed by atoms with E-state index in [2.05, 4.69) is 5.32 Å². The number of primary amides is 1. The molecule has 2 aromatic rings. The summed E-state index contributed by atoms with van der Waals surface area (Å²) in [4.78, 5) is 23.1. The number of amides is 2. The predicted molar refractivity (Wildman–Crippen MR) is 77.0 cm³/mol. The van der Waals surface area contributed by atoms with E-state index in [-0.39, 0.29) is 5.91 Å². The number of rotatable bonds is 4. The lowest BCUT2D eigenvalue weighted by Crippen LogP contribution is -2.27. The first kappa shape index (κ1) is 13.8. The fraction of sp³-hybridized carbons (Fsp3) is 0.0667. The fourth-order valence-corrected chi connectivity index (χ4v) is 1.78. The zero-order chi connectivity index (χ0) is 14.5. The second-order valence-electron chi connectivity index (χ2n) is 4.32. The van der Waals surface area contributed by atoms with Crippen molar-refractivity contribution in [3.63, 3.8) is 0 Å². The number of benzene rings is 2. The monoisotopic (exact) mass is 269 g/mol. The Labute approximate surface area is 116 Å². The van der Waals surface area contributed by atoms with E-state index in [4.69, 9.17) is 11.5 Å². The van der Waals surface area contributed by atoms with Crippen LogP contribution in [0.4, 0.5) is 5.69 Å². The summed E-state index contributed by atoms with van der Waals surface area (Å²) in [6, 6.07) is 14.7. The van der Waals surface area contributed by atoms with E-state index in [0.29, 0.717) is 11.3 Å². The van der Waals surface area contributed by atoms with Crippen LogP contribution >= 0.6 is 0 Å². The lowest BCUT2D eigenvalue weighted by Gasteiger charge is -2.12. The summed E-state index contributed by atoms with van der Waals surface area (Å²) in [6.45, 7) is 0. The van der Waals surface area contributed by atoms with Gasteiger partial charge in [-0.3, -0.25) is 9.59 Å². The molecule has 0 heterocycles. The molecule has 20 heavy (non-hydrogen) atoms. The molecule has 0 saturated carbocycles. The molecule has 2 amide bonds. The van der Waals surface area contributed by atoms with Crippen LogP contribution in [0.15, 0.2) is 54.6 Å². The van der Waals surface area contributed by atoms with E-state index in [0.717, 1.165) is 5.56 Å². The summed E-state index contributed by atoms with van der Waals surface area (Å²) in [7, 11) is 0. The Morgan fingerprint density at radius 1 is 1.00 bits per heavy atom. The first-order valence-electron chi connectivity index (χ1n) is 6.09. The van der Waals surface area contributed by atoms with Gasteiger partial charge in [-0.05, 0) is 23.8 Å². The summed E-state index contributed by atoms with van der Waals surface area (Å²) in [6.07, 6.45) is 0. The quantitative estimate of drug-likeness (QED) is 0.782. The number of carbonyl (C=O) groups excluding carboxylic acids is 2. The van der Waals surface area contributed by atoms with Gasteiger partial charge in [0.2, 0.25) is 11.8 Å². The number of anilines is 1. The van der Waals surface area contributed by atoms with Gasteiger partial charge in [-0.15, -0.1) is 0 Å². The Bertz CT molecular complexity index is 626. The van der Waals surface area contributed by atoms with Crippen LogP contribution in [0, 0.1) is 0 Å². The van der Waals surface area contributed by atoms with Crippen molar-refractivity contribution in [2.45, 2.75) is 6.04 Å². The largest absolute Gasteiger partial charge is 0.366 e. The standard InChI is InChI=1S/C15H15N3O2/c16-13(10-5-2-1-3-6-10)15(20)18-12-8-4-7-11(9-12)14(17)19/h1-9,13H,16H2,(H2,17,19)(H,18,20). The van der Waals surface area contributed by atoms with Gasteiger partial charge < -0.3 is 16.8 Å². The molecule has 1 atom stereocenters. The highest BCUT2D eigenvalue weighted by atomic mass is 16.2. The van der Waals surface area contributed by atoms with Crippen molar-refractivity contribution in [1.29, 1.82) is 0 Å². The van der Waals surface area contributed by atoms with Crippen molar-refractivity contribution < 1.29 is 9.59 Å². The molecule has 0 saturated heterocycles. The van der Waals surface area contributed by atoms with Gasteiger partial charge in [-0.2, -0.15) is 0 Å². The fourth-order valence-electron chi connectivity index (χ4n) is 1.78. The Morgan fingerprint density at radius 3 is 2.35 bits per heavy atom. The van der Waals surface area contributed by atoms with E-state index >= 15 is 0 Å². The Kier molecular flexibility index (Phi) is 4.12. The van der Waals surface area contributed by atoms with Crippen LogP contribution in [0.5, 0.6) is 0 Å². The summed E-state index contributed by atoms with van der Waals surface area (Å²) < 4.78 is 0. The van der Waals surface area contributed by atoms with Crippen LogP contribution < -0.4 is 16.8 Å². The molecule has 0 radical (unpaired) electrons. The molecule has 0 fully saturated rings. The van der Waals surface area contributed by atoms with Gasteiger partial charge in [0.1, 0.15) is 6.04 Å². The van der Waals surface area contributed by atoms with Crippen LogP contribution in [-0.2, 0) is 4.79 Å². The summed E-state index contributed by atoms with van der Waals surface area (Å²) >= 11 is 0. The minimum Gasteiger partial charge on any atom is -0.366 e. The van der Waals surface area contributed by atoms with Crippen LogP contribution in [0.25, 0.3) is 0 Å². The third-order valence-electron chi connectivity index (χ3n) is 2.86. The van der Waals surface area contributed by atoms with Gasteiger partial charge in [0.15, 0.2) is 0 Å². The van der Waals surface area contributed by atoms with Crippen molar-refractivity contribution in [1.82, 2.24) is 0 Å². The minimum absolute atomic E-state index is 0.330. The van der Waals surface area contributed by atoms with Crippen molar-refractivity contribution in [3.8, 4) is 0 Å². The van der Waals surface area contributed by atoms with Crippen LogP contribution in [0.2, 0.25) is 0 Å². The Balaban J connectivity index is 2.12. The SMILES string of the molecule is NC(=O)c1cccc(NC(=O)C(N)c2ccccc2)c1. The average Bonchev–Trinajstić information content (AvgIpc) is 2.47. The van der Waals surface area contributed by atoms with Gasteiger partial charge >= 0.3 is 0 Å². The third-order valence-corrected chi connectivity index (χ3v) is 2.86. The van der Waals surface area contributed by atoms with Gasteiger partial charge in [-0.1, -0.05) is 36.4 Å². The number of hydrogen-bond acceptors (Lipinski definition) is 3. The van der Waals surface area contributed by atoms with Gasteiger partial charge in [0.05, 0.1) is 0 Å². The molecule has 1 unspecified atom stereocenters. The second kappa shape index (κ2) is 5.99. The zero-order valence-corrected chi connectivity index (χ0v) is 10.7. The molecule has 5 nitrogen and oxygen atoms in total. The van der Waals surface area contributed by atoms with Crippen molar-refractivity contribution in [2.75, 3.05) is 5.32 Å². The average molecular weight is 269 g/mol. The van der Waals surface area contributed by atoms with Crippen LogP contribution in [0.1, 0.15) is 22.0 Å². The smallest absolute Gasteiger partial charge is 0.248 e. The van der Waals surface area contributed by atoms with Crippen LogP contribution in [-0.4, -0.2) is 11.8 Å². The minimum atomic E-state index is -0.770. The second-order valence-corrected chi connectivity index (χ2v) is 4.32. The molecule has 0 aliphatic heterocycles. The maximum atomic E-state index is 12.0. The first-order chi connectivity index (χ1) is 9.58. The lowest BCUT2D eigenvalue weighted by molar-refractivity contribution is -0.117. The molecule has 0 aliphatic rings. The van der Waals surface area contributed by atoms with Crippen molar-refractivity contribution in [2.24, 2.45) is 11.5 Å². The van der Waals surface area contributed by atoms with Gasteiger partial charge in [0, 0.05) is 11.3 Å². The molecule has 5 heteroatoms. The number of carbonyl (C=O) groups is 2. The van der Waals surface area contributed by atoms with E-state index < -0.39 is 11.9 Å².